The molecule has 0 aliphatic carbocycles. The monoisotopic (exact) mass is 872 g/mol. The Morgan fingerprint density at radius 2 is 0.735 bits per heavy atom. The molecule has 0 amide bonds. The highest BCUT2D eigenvalue weighted by atomic mass is 16.3. The Hall–Kier alpha value is -8.60. The zero-order valence-corrected chi connectivity index (χ0v) is 37.9. The van der Waals surface area contributed by atoms with Crippen LogP contribution in [0, 0.1) is 0 Å². The number of anilines is 6. The molecule has 14 rings (SSSR count). The van der Waals surface area contributed by atoms with Crippen LogP contribution in [0.2, 0.25) is 0 Å². The Balaban J connectivity index is 1.13. The second-order valence-corrected chi connectivity index (χ2v) is 19.2. The first-order chi connectivity index (χ1) is 33.4. The summed E-state index contributed by atoms with van der Waals surface area (Å²) in [6.07, 6.45) is 0. The minimum atomic E-state index is -0.0256. The third kappa shape index (κ3) is 5.67. The molecule has 0 N–H and O–H groups in total. The average molecular weight is 873 g/mol. The number of benzene rings is 12. The van der Waals surface area contributed by atoms with Crippen LogP contribution in [0.4, 0.5) is 34.1 Å². The van der Waals surface area contributed by atoms with Crippen LogP contribution in [0.5, 0.6) is 0 Å². The van der Waals surface area contributed by atoms with Gasteiger partial charge in [-0.2, -0.15) is 0 Å². The van der Waals surface area contributed by atoms with Crippen LogP contribution in [-0.2, 0) is 5.41 Å². The molecule has 0 aliphatic rings. The molecule has 0 spiro atoms. The molecule has 0 radical (unpaired) electrons. The lowest BCUT2D eigenvalue weighted by atomic mass is 9.83. The second-order valence-electron chi connectivity index (χ2n) is 19.2. The molecule has 0 unspecified atom stereocenters. The smallest absolute Gasteiger partial charge is 0.159 e. The first-order valence-electron chi connectivity index (χ1n) is 23.5. The van der Waals surface area contributed by atoms with E-state index >= 15 is 0 Å². The van der Waals surface area contributed by atoms with Gasteiger partial charge < -0.3 is 18.6 Å². The Morgan fingerprint density at radius 3 is 1.21 bits per heavy atom. The van der Waals surface area contributed by atoms with E-state index in [1.54, 1.807) is 0 Å². The highest BCUT2D eigenvalue weighted by molar-refractivity contribution is 6.30. The summed E-state index contributed by atoms with van der Waals surface area (Å²) in [5.74, 6) is 0. The maximum Gasteiger partial charge on any atom is 0.159 e. The molecule has 322 valence electrons. The fourth-order valence-corrected chi connectivity index (χ4v) is 11.1. The van der Waals surface area contributed by atoms with E-state index in [1.165, 1.54) is 48.7 Å². The summed E-state index contributed by atoms with van der Waals surface area (Å²) in [5.41, 5.74) is 10.7. The van der Waals surface area contributed by atoms with Crippen LogP contribution >= 0.6 is 0 Å². The van der Waals surface area contributed by atoms with Gasteiger partial charge in [0.25, 0.3) is 0 Å². The molecule has 0 saturated carbocycles. The summed E-state index contributed by atoms with van der Waals surface area (Å²) in [7, 11) is 0. The number of nitrogens with zero attached hydrogens (tertiary/aromatic N) is 2. The van der Waals surface area contributed by atoms with Crippen LogP contribution in [0.15, 0.2) is 221 Å². The Morgan fingerprint density at radius 1 is 0.309 bits per heavy atom. The largest absolute Gasteiger partial charge is 0.454 e. The molecular formula is C64H44N2O2. The first kappa shape index (κ1) is 38.6. The van der Waals surface area contributed by atoms with Crippen molar-refractivity contribution in [3.8, 4) is 0 Å². The SMILES string of the molecule is CC(C)(C)c1cc2ccc3c(N(c4ccccc4)c4cccc5c4oc4ccc6ccccc6c45)cc(N(c4ccccc4)c4cccc5c4oc4ccc6ccccc6c45)c4ccc(c1)c2c34. The van der Waals surface area contributed by atoms with Crippen molar-refractivity contribution in [3.05, 3.63) is 218 Å². The normalized spacial score (nSPS) is 12.3. The van der Waals surface area contributed by atoms with Gasteiger partial charge in [0.05, 0.1) is 22.7 Å². The Labute approximate surface area is 392 Å². The molecule has 0 bridgehead atoms. The molecule has 14 aromatic rings. The molecule has 0 aliphatic heterocycles. The van der Waals surface area contributed by atoms with Gasteiger partial charge in [0, 0.05) is 49.1 Å². The predicted molar refractivity (Wildman–Crippen MR) is 288 cm³/mol. The highest BCUT2D eigenvalue weighted by Gasteiger charge is 2.29. The number of hydrogen-bond acceptors (Lipinski definition) is 4. The third-order valence-corrected chi connectivity index (χ3v) is 14.3. The van der Waals surface area contributed by atoms with Gasteiger partial charge in [-0.1, -0.05) is 178 Å². The van der Waals surface area contributed by atoms with E-state index in [9.17, 15) is 0 Å². The molecule has 4 heteroatoms. The Kier molecular flexibility index (Phi) is 8.21. The fraction of sp³-hybridized carbons (Fsp3) is 0.0625. The molecule has 0 atom stereocenters. The van der Waals surface area contributed by atoms with E-state index in [0.29, 0.717) is 0 Å². The summed E-state index contributed by atoms with van der Waals surface area (Å²) in [4.78, 5) is 4.83. The number of hydrogen-bond donors (Lipinski definition) is 0. The van der Waals surface area contributed by atoms with E-state index in [2.05, 4.69) is 243 Å². The van der Waals surface area contributed by atoms with Gasteiger partial charge in [-0.05, 0) is 103 Å². The molecule has 12 aromatic carbocycles. The van der Waals surface area contributed by atoms with Crippen LogP contribution in [0.25, 0.3) is 97.7 Å². The topological polar surface area (TPSA) is 32.8 Å². The molecule has 0 saturated heterocycles. The van der Waals surface area contributed by atoms with Crippen molar-refractivity contribution in [2.75, 3.05) is 9.80 Å². The van der Waals surface area contributed by atoms with E-state index in [0.717, 1.165) is 88.8 Å². The molecule has 2 heterocycles. The molecule has 0 fully saturated rings. The highest BCUT2D eigenvalue weighted by Crippen LogP contribution is 2.53. The first-order valence-corrected chi connectivity index (χ1v) is 23.5. The lowest BCUT2D eigenvalue weighted by Crippen LogP contribution is -2.15. The van der Waals surface area contributed by atoms with Gasteiger partial charge in [0.1, 0.15) is 11.2 Å². The van der Waals surface area contributed by atoms with Crippen LogP contribution in [0.3, 0.4) is 0 Å². The quantitative estimate of drug-likeness (QED) is 0.156. The van der Waals surface area contributed by atoms with E-state index in [1.807, 2.05) is 0 Å². The lowest BCUT2D eigenvalue weighted by molar-refractivity contribution is 0.591. The second kappa shape index (κ2) is 14.4. The predicted octanol–water partition coefficient (Wildman–Crippen LogP) is 18.9. The van der Waals surface area contributed by atoms with Crippen molar-refractivity contribution in [2.24, 2.45) is 0 Å². The summed E-state index contributed by atoms with van der Waals surface area (Å²) in [6, 6.07) is 77.0. The summed E-state index contributed by atoms with van der Waals surface area (Å²) in [6.45, 7) is 6.90. The van der Waals surface area contributed by atoms with Crippen molar-refractivity contribution in [1.29, 1.82) is 0 Å². The summed E-state index contributed by atoms with van der Waals surface area (Å²) in [5, 5.41) is 16.4. The molecular weight excluding hydrogens is 829 g/mol. The third-order valence-electron chi connectivity index (χ3n) is 14.3. The van der Waals surface area contributed by atoms with Gasteiger partial charge in [-0.25, -0.2) is 0 Å². The van der Waals surface area contributed by atoms with Crippen molar-refractivity contribution in [3.63, 3.8) is 0 Å². The fourth-order valence-electron chi connectivity index (χ4n) is 11.1. The van der Waals surface area contributed by atoms with E-state index in [4.69, 9.17) is 8.83 Å². The number of fused-ring (bicyclic) bond motifs is 10. The minimum Gasteiger partial charge on any atom is -0.454 e. The van der Waals surface area contributed by atoms with Gasteiger partial charge >= 0.3 is 0 Å². The van der Waals surface area contributed by atoms with Gasteiger partial charge in [0.15, 0.2) is 11.2 Å². The lowest BCUT2D eigenvalue weighted by Gasteiger charge is -2.32. The molecule has 2 aromatic heterocycles. The minimum absolute atomic E-state index is 0.0256. The van der Waals surface area contributed by atoms with Crippen molar-refractivity contribution >= 4 is 132 Å². The van der Waals surface area contributed by atoms with Crippen molar-refractivity contribution in [2.45, 2.75) is 26.2 Å². The maximum absolute atomic E-state index is 7.05. The molecule has 4 nitrogen and oxygen atoms in total. The number of furan rings is 2. The standard InChI is InChI=1S/C64H44N2O2/c1-64(2,3)43-36-41-28-32-48-54(65(44-18-6-4-7-19-44)52-26-14-24-50-59-46-22-12-10-16-39(46)30-34-56(59)67-62(50)52)38-55(49-33-29-42(37-43)58(41)61(48)49)66(45-20-8-5-9-21-45)53-27-15-25-51-60-47-23-13-11-17-40(47)31-35-57(60)68-63(51)53/h4-38H,1-3H3. The number of rotatable bonds is 6. The zero-order valence-electron chi connectivity index (χ0n) is 37.9. The summed E-state index contributed by atoms with van der Waals surface area (Å²) < 4.78 is 14.1. The van der Waals surface area contributed by atoms with Crippen LogP contribution in [-0.4, -0.2) is 0 Å². The van der Waals surface area contributed by atoms with Gasteiger partial charge in [-0.15, -0.1) is 0 Å². The Bertz CT molecular complexity index is 4050. The van der Waals surface area contributed by atoms with Crippen molar-refractivity contribution in [1.82, 2.24) is 0 Å². The van der Waals surface area contributed by atoms with E-state index < -0.39 is 0 Å². The van der Waals surface area contributed by atoms with Crippen LogP contribution in [0.1, 0.15) is 26.3 Å². The maximum atomic E-state index is 7.05. The zero-order chi connectivity index (χ0) is 45.3. The van der Waals surface area contributed by atoms with E-state index in [-0.39, 0.29) is 5.41 Å². The average Bonchev–Trinajstić information content (AvgIpc) is 3.97. The van der Waals surface area contributed by atoms with Gasteiger partial charge in [-0.3, -0.25) is 0 Å². The van der Waals surface area contributed by atoms with Crippen LogP contribution < -0.4 is 9.80 Å². The molecule has 68 heavy (non-hydrogen) atoms. The summed E-state index contributed by atoms with van der Waals surface area (Å²) >= 11 is 0. The van der Waals surface area contributed by atoms with Crippen molar-refractivity contribution < 1.29 is 8.83 Å². The number of para-hydroxylation sites is 4. The van der Waals surface area contributed by atoms with Gasteiger partial charge in [0.2, 0.25) is 0 Å².